The summed E-state index contributed by atoms with van der Waals surface area (Å²) in [7, 11) is 3.09. The van der Waals surface area contributed by atoms with Crippen LogP contribution in [0.1, 0.15) is 31.4 Å². The normalized spacial score (nSPS) is 28.4. The fourth-order valence-corrected chi connectivity index (χ4v) is 2.76. The first-order valence-corrected chi connectivity index (χ1v) is 6.13. The Morgan fingerprint density at radius 2 is 2.00 bits per heavy atom. The van der Waals surface area contributed by atoms with Crippen LogP contribution in [0.5, 0.6) is 5.75 Å². The molecule has 1 aliphatic carbocycles. The molecule has 1 aliphatic rings. The van der Waals surface area contributed by atoms with E-state index in [2.05, 4.69) is 5.10 Å². The predicted molar refractivity (Wildman–Crippen MR) is 61.7 cm³/mol. The summed E-state index contributed by atoms with van der Waals surface area (Å²) < 4.78 is 44.5. The molecular weight excluding hydrogens is 261 g/mol. The second kappa shape index (κ2) is 4.70. The molecule has 19 heavy (non-hydrogen) atoms. The van der Waals surface area contributed by atoms with Crippen LogP contribution in [0.4, 0.5) is 13.2 Å². The van der Waals surface area contributed by atoms with Gasteiger partial charge in [-0.15, -0.1) is 0 Å². The van der Waals surface area contributed by atoms with Crippen molar-refractivity contribution in [2.24, 2.45) is 13.0 Å². The molecule has 0 atom stereocenters. The first kappa shape index (κ1) is 14.2. The van der Waals surface area contributed by atoms with Crippen LogP contribution in [0.2, 0.25) is 0 Å². The molecule has 0 radical (unpaired) electrons. The number of alkyl halides is 3. The van der Waals surface area contributed by atoms with Crippen LogP contribution in [-0.4, -0.2) is 28.2 Å². The van der Waals surface area contributed by atoms with Gasteiger partial charge in [-0.2, -0.15) is 18.3 Å². The molecule has 1 aromatic heterocycles. The molecular formula is C12H17F3N2O2. The fourth-order valence-electron chi connectivity index (χ4n) is 2.76. The van der Waals surface area contributed by atoms with Crippen molar-refractivity contribution >= 4 is 0 Å². The lowest BCUT2D eigenvalue weighted by Gasteiger charge is -2.36. The average molecular weight is 278 g/mol. The molecule has 0 aliphatic heterocycles. The number of aromatic nitrogens is 2. The average Bonchev–Trinajstić information content (AvgIpc) is 2.70. The largest absolute Gasteiger partial charge is 0.493 e. The zero-order valence-electron chi connectivity index (χ0n) is 10.9. The topological polar surface area (TPSA) is 47.3 Å². The molecule has 4 nitrogen and oxygen atoms in total. The Bertz CT molecular complexity index is 448. The lowest BCUT2D eigenvalue weighted by molar-refractivity contribution is -0.193. The van der Waals surface area contributed by atoms with Gasteiger partial charge >= 0.3 is 6.18 Å². The zero-order valence-corrected chi connectivity index (χ0v) is 10.9. The Hall–Kier alpha value is -1.24. The molecule has 1 fully saturated rings. The molecule has 0 amide bonds. The van der Waals surface area contributed by atoms with E-state index in [9.17, 15) is 18.3 Å². The highest BCUT2D eigenvalue weighted by atomic mass is 19.4. The molecule has 7 heteroatoms. The number of methoxy groups -OCH3 is 1. The van der Waals surface area contributed by atoms with E-state index >= 15 is 0 Å². The summed E-state index contributed by atoms with van der Waals surface area (Å²) in [4.78, 5) is 0. The van der Waals surface area contributed by atoms with E-state index in [1.165, 1.54) is 18.0 Å². The van der Waals surface area contributed by atoms with Crippen molar-refractivity contribution in [2.75, 3.05) is 7.11 Å². The van der Waals surface area contributed by atoms with E-state index in [4.69, 9.17) is 4.74 Å². The van der Waals surface area contributed by atoms with Gasteiger partial charge in [0, 0.05) is 7.05 Å². The van der Waals surface area contributed by atoms with Crippen LogP contribution in [0, 0.1) is 5.92 Å². The standard InChI is InChI=1S/C12H17F3N2O2/c1-17-10(9(19-2)7-16-17)11(18)5-3-8(4-6-11)12(13,14)15/h7-8,18H,3-6H2,1-2H3. The summed E-state index contributed by atoms with van der Waals surface area (Å²) in [5.41, 5.74) is -0.839. The molecule has 1 heterocycles. The minimum atomic E-state index is -4.18. The number of aryl methyl sites for hydroxylation is 1. The summed E-state index contributed by atoms with van der Waals surface area (Å²) in [6.07, 6.45) is -2.75. The number of hydrogen-bond acceptors (Lipinski definition) is 3. The third kappa shape index (κ3) is 2.56. The summed E-state index contributed by atoms with van der Waals surface area (Å²) in [6.45, 7) is 0. The Labute approximate surface area is 109 Å². The zero-order chi connectivity index (χ0) is 14.3. The molecule has 1 N–H and O–H groups in total. The second-order valence-electron chi connectivity index (χ2n) is 5.03. The second-order valence-corrected chi connectivity index (χ2v) is 5.03. The van der Waals surface area contributed by atoms with Gasteiger partial charge in [0.1, 0.15) is 11.3 Å². The van der Waals surface area contributed by atoms with Gasteiger partial charge in [0.15, 0.2) is 5.75 Å². The molecule has 0 aromatic carbocycles. The maximum Gasteiger partial charge on any atom is 0.391 e. The van der Waals surface area contributed by atoms with Crippen LogP contribution in [0.3, 0.4) is 0 Å². The first-order chi connectivity index (χ1) is 8.78. The number of rotatable bonds is 2. The SMILES string of the molecule is COc1cnn(C)c1C1(O)CCC(C(F)(F)F)CC1. The van der Waals surface area contributed by atoms with Crippen molar-refractivity contribution in [3.63, 3.8) is 0 Å². The van der Waals surface area contributed by atoms with Crippen molar-refractivity contribution in [1.82, 2.24) is 9.78 Å². The molecule has 2 rings (SSSR count). The highest BCUT2D eigenvalue weighted by Crippen LogP contribution is 2.46. The molecule has 0 unspecified atom stereocenters. The maximum atomic E-state index is 12.6. The Kier molecular flexibility index (Phi) is 3.51. The van der Waals surface area contributed by atoms with Crippen molar-refractivity contribution in [1.29, 1.82) is 0 Å². The highest BCUT2D eigenvalue weighted by Gasteiger charge is 2.47. The third-order valence-corrected chi connectivity index (χ3v) is 3.84. The minimum Gasteiger partial charge on any atom is -0.493 e. The number of ether oxygens (including phenoxy) is 1. The van der Waals surface area contributed by atoms with Crippen LogP contribution in [0.25, 0.3) is 0 Å². The highest BCUT2D eigenvalue weighted by molar-refractivity contribution is 5.31. The van der Waals surface area contributed by atoms with Crippen LogP contribution >= 0.6 is 0 Å². The van der Waals surface area contributed by atoms with Crippen LogP contribution in [0.15, 0.2) is 6.20 Å². The Morgan fingerprint density at radius 3 is 2.47 bits per heavy atom. The van der Waals surface area contributed by atoms with Gasteiger partial charge in [-0.05, 0) is 25.7 Å². The van der Waals surface area contributed by atoms with E-state index in [1.54, 1.807) is 7.05 Å². The van der Waals surface area contributed by atoms with Crippen molar-refractivity contribution in [2.45, 2.75) is 37.5 Å². The fraction of sp³-hybridized carbons (Fsp3) is 0.750. The molecule has 0 bridgehead atoms. The molecule has 1 aromatic rings. The van der Waals surface area contributed by atoms with Gasteiger partial charge in [-0.1, -0.05) is 0 Å². The lowest BCUT2D eigenvalue weighted by atomic mass is 9.76. The Morgan fingerprint density at radius 1 is 1.42 bits per heavy atom. The maximum absolute atomic E-state index is 12.6. The van der Waals surface area contributed by atoms with Gasteiger partial charge in [0.2, 0.25) is 0 Å². The smallest absolute Gasteiger partial charge is 0.391 e. The summed E-state index contributed by atoms with van der Waals surface area (Å²) in [5, 5.41) is 14.6. The van der Waals surface area contributed by atoms with Gasteiger partial charge < -0.3 is 9.84 Å². The lowest BCUT2D eigenvalue weighted by Crippen LogP contribution is -2.37. The van der Waals surface area contributed by atoms with Crippen molar-refractivity contribution < 1.29 is 23.0 Å². The summed E-state index contributed by atoms with van der Waals surface area (Å²) in [6, 6.07) is 0. The molecule has 108 valence electrons. The van der Waals surface area contributed by atoms with E-state index in [0.717, 1.165) is 0 Å². The number of aliphatic hydroxyl groups is 1. The predicted octanol–water partition coefficient (Wildman–Crippen LogP) is 2.37. The molecule has 0 saturated heterocycles. The number of halogens is 3. The van der Waals surface area contributed by atoms with E-state index in [1.807, 2.05) is 0 Å². The third-order valence-electron chi connectivity index (χ3n) is 3.84. The monoisotopic (exact) mass is 278 g/mol. The van der Waals surface area contributed by atoms with Gasteiger partial charge in [-0.25, -0.2) is 0 Å². The summed E-state index contributed by atoms with van der Waals surface area (Å²) in [5.74, 6) is -0.914. The summed E-state index contributed by atoms with van der Waals surface area (Å²) >= 11 is 0. The number of hydrogen-bond donors (Lipinski definition) is 1. The van der Waals surface area contributed by atoms with E-state index < -0.39 is 17.7 Å². The Balaban J connectivity index is 2.20. The van der Waals surface area contributed by atoms with Crippen molar-refractivity contribution in [3.05, 3.63) is 11.9 Å². The number of nitrogens with zero attached hydrogens (tertiary/aromatic N) is 2. The molecule has 1 saturated carbocycles. The van der Waals surface area contributed by atoms with E-state index in [-0.39, 0.29) is 25.7 Å². The van der Waals surface area contributed by atoms with E-state index in [0.29, 0.717) is 11.4 Å². The quantitative estimate of drug-likeness (QED) is 0.903. The minimum absolute atomic E-state index is 0.0626. The molecule has 0 spiro atoms. The van der Waals surface area contributed by atoms with Crippen molar-refractivity contribution in [3.8, 4) is 5.75 Å². The van der Waals surface area contributed by atoms with Gasteiger partial charge in [-0.3, -0.25) is 4.68 Å². The first-order valence-electron chi connectivity index (χ1n) is 6.13. The van der Waals surface area contributed by atoms with Crippen LogP contribution < -0.4 is 4.74 Å². The van der Waals surface area contributed by atoms with Gasteiger partial charge in [0.25, 0.3) is 0 Å². The van der Waals surface area contributed by atoms with Gasteiger partial charge in [0.05, 0.1) is 19.2 Å². The van der Waals surface area contributed by atoms with Crippen LogP contribution in [-0.2, 0) is 12.6 Å².